The molecule has 0 amide bonds. The summed E-state index contributed by atoms with van der Waals surface area (Å²) in [6.45, 7) is 7.22. The van der Waals surface area contributed by atoms with Crippen molar-refractivity contribution in [2.75, 3.05) is 26.2 Å². The largest absolute Gasteiger partial charge is 0.496 e. The van der Waals surface area contributed by atoms with Crippen molar-refractivity contribution in [2.45, 2.75) is 32.7 Å². The van der Waals surface area contributed by atoms with Gasteiger partial charge in [-0.15, -0.1) is 11.3 Å². The first-order chi connectivity index (χ1) is 13.2. The molecule has 150 valence electrons. The number of methoxy groups -OCH3 is 2. The number of hydrogen-bond acceptors (Lipinski definition) is 4. The molecule has 1 heterocycles. The van der Waals surface area contributed by atoms with E-state index in [0.717, 1.165) is 11.4 Å². The molecule has 3 nitrogen and oxygen atoms in total. The molecule has 3 rings (SSSR count). The van der Waals surface area contributed by atoms with Gasteiger partial charge in [-0.1, -0.05) is 20.8 Å². The van der Waals surface area contributed by atoms with E-state index in [9.17, 15) is 4.39 Å². The molecule has 0 unspecified atom stereocenters. The summed E-state index contributed by atoms with van der Waals surface area (Å²) in [4.78, 5) is 2.02. The van der Waals surface area contributed by atoms with Gasteiger partial charge in [0.15, 0.2) is 0 Å². The average molecular weight is 513 g/mol. The van der Waals surface area contributed by atoms with Gasteiger partial charge in [-0.05, 0) is 57.1 Å². The smallest absolute Gasteiger partial charge is 0.143 e. The fourth-order valence-corrected chi connectivity index (χ4v) is 4.72. The number of benzene rings is 2. The highest BCUT2D eigenvalue weighted by atomic mass is 127. The normalized spacial score (nSPS) is 11.7. The van der Waals surface area contributed by atoms with E-state index in [2.05, 4.69) is 38.3 Å². The number of ether oxygens (including phenoxy) is 2. The maximum atomic E-state index is 14.1. The van der Waals surface area contributed by atoms with E-state index >= 15 is 0 Å². The van der Waals surface area contributed by atoms with E-state index < -0.39 is 0 Å². The number of anilines is 1. The predicted molar refractivity (Wildman–Crippen MR) is 125 cm³/mol. The van der Waals surface area contributed by atoms with Crippen LogP contribution in [0.2, 0.25) is 0 Å². The molecule has 0 radical (unpaired) electrons. The van der Waals surface area contributed by atoms with Crippen molar-refractivity contribution in [1.82, 2.24) is 0 Å². The molecule has 0 aliphatic rings. The Bertz CT molecular complexity index is 1010. The lowest BCUT2D eigenvalue weighted by molar-refractivity contribution is 0.398. The summed E-state index contributed by atoms with van der Waals surface area (Å²) in [7, 11) is 5.28. The van der Waals surface area contributed by atoms with Crippen LogP contribution in [0.15, 0.2) is 29.6 Å². The SMILES string of the molecule is COc1cc(I)c(F)cc1N(C)Cc1csc2cc(C(C)(C)C)c(OC)cc12. The van der Waals surface area contributed by atoms with Crippen LogP contribution in [0.3, 0.4) is 0 Å². The van der Waals surface area contributed by atoms with Gasteiger partial charge < -0.3 is 14.4 Å². The number of rotatable bonds is 5. The third-order valence-corrected chi connectivity index (χ3v) is 6.65. The fourth-order valence-electron chi connectivity index (χ4n) is 3.30. The first-order valence-electron chi connectivity index (χ1n) is 8.98. The fraction of sp³-hybridized carbons (Fsp3) is 0.364. The topological polar surface area (TPSA) is 21.7 Å². The maximum Gasteiger partial charge on any atom is 0.143 e. The van der Waals surface area contributed by atoms with E-state index in [1.165, 1.54) is 27.3 Å². The molecule has 0 spiro atoms. The molecule has 3 aromatic rings. The maximum absolute atomic E-state index is 14.1. The zero-order chi connectivity index (χ0) is 20.6. The Labute approximate surface area is 183 Å². The highest BCUT2D eigenvalue weighted by Gasteiger charge is 2.21. The lowest BCUT2D eigenvalue weighted by Gasteiger charge is -2.23. The minimum absolute atomic E-state index is 0.00650. The van der Waals surface area contributed by atoms with Crippen LogP contribution >= 0.6 is 33.9 Å². The van der Waals surface area contributed by atoms with Crippen LogP contribution in [-0.4, -0.2) is 21.3 Å². The van der Waals surface area contributed by atoms with Crippen molar-refractivity contribution in [3.8, 4) is 11.5 Å². The highest BCUT2D eigenvalue weighted by Crippen LogP contribution is 2.39. The molecule has 0 saturated heterocycles. The zero-order valence-electron chi connectivity index (χ0n) is 17.0. The van der Waals surface area contributed by atoms with Crippen LogP contribution in [0.25, 0.3) is 10.1 Å². The van der Waals surface area contributed by atoms with Gasteiger partial charge in [0, 0.05) is 35.3 Å². The summed E-state index contributed by atoms with van der Waals surface area (Å²) < 4.78 is 27.1. The van der Waals surface area contributed by atoms with Gasteiger partial charge in [0.2, 0.25) is 0 Å². The number of fused-ring (bicyclic) bond motifs is 1. The molecule has 0 aliphatic carbocycles. The predicted octanol–water partition coefficient (Wildman–Crippen LogP) is 6.60. The Morgan fingerprint density at radius 1 is 1.07 bits per heavy atom. The van der Waals surface area contributed by atoms with Gasteiger partial charge in [-0.25, -0.2) is 4.39 Å². The van der Waals surface area contributed by atoms with Gasteiger partial charge in [-0.3, -0.25) is 0 Å². The molecule has 0 fully saturated rings. The number of nitrogens with zero attached hydrogens (tertiary/aromatic N) is 1. The van der Waals surface area contributed by atoms with Crippen LogP contribution in [0.1, 0.15) is 31.9 Å². The van der Waals surface area contributed by atoms with Crippen molar-refractivity contribution >= 4 is 49.7 Å². The quantitative estimate of drug-likeness (QED) is 0.359. The zero-order valence-corrected chi connectivity index (χ0v) is 20.0. The minimum Gasteiger partial charge on any atom is -0.496 e. The second-order valence-corrected chi connectivity index (χ2v) is 9.93. The van der Waals surface area contributed by atoms with Gasteiger partial charge in [0.1, 0.15) is 17.3 Å². The molecule has 6 heteroatoms. The molecule has 0 N–H and O–H groups in total. The van der Waals surface area contributed by atoms with Crippen molar-refractivity contribution in [2.24, 2.45) is 0 Å². The Hall–Kier alpha value is -1.54. The van der Waals surface area contributed by atoms with Crippen molar-refractivity contribution in [3.63, 3.8) is 0 Å². The van der Waals surface area contributed by atoms with E-state index in [1.54, 1.807) is 31.6 Å². The van der Waals surface area contributed by atoms with Gasteiger partial charge in [0.05, 0.1) is 23.5 Å². The van der Waals surface area contributed by atoms with Gasteiger partial charge in [0.25, 0.3) is 0 Å². The third-order valence-electron chi connectivity index (χ3n) is 4.82. The van der Waals surface area contributed by atoms with E-state index in [0.29, 0.717) is 15.9 Å². The Balaban J connectivity index is 2.00. The van der Waals surface area contributed by atoms with E-state index in [-0.39, 0.29) is 11.2 Å². The third kappa shape index (κ3) is 4.08. The monoisotopic (exact) mass is 513 g/mol. The van der Waals surface area contributed by atoms with Crippen molar-refractivity contribution < 1.29 is 13.9 Å². The summed E-state index contributed by atoms with van der Waals surface area (Å²) in [6.07, 6.45) is 0. The lowest BCUT2D eigenvalue weighted by atomic mass is 9.86. The summed E-state index contributed by atoms with van der Waals surface area (Å²) >= 11 is 3.71. The van der Waals surface area contributed by atoms with Gasteiger partial charge in [-0.2, -0.15) is 0 Å². The molecular formula is C22H25FINO2S. The summed E-state index contributed by atoms with van der Waals surface area (Å²) in [6, 6.07) is 7.62. The second-order valence-electron chi connectivity index (χ2n) is 7.85. The van der Waals surface area contributed by atoms with Crippen LogP contribution in [0, 0.1) is 9.39 Å². The molecule has 28 heavy (non-hydrogen) atoms. The van der Waals surface area contributed by atoms with Crippen LogP contribution in [-0.2, 0) is 12.0 Å². The minimum atomic E-state index is -0.241. The van der Waals surface area contributed by atoms with Crippen LogP contribution in [0.5, 0.6) is 11.5 Å². The Morgan fingerprint density at radius 2 is 1.75 bits per heavy atom. The van der Waals surface area contributed by atoms with Gasteiger partial charge >= 0.3 is 0 Å². The molecule has 2 aromatic carbocycles. The molecule has 0 saturated carbocycles. The van der Waals surface area contributed by atoms with E-state index in [1.807, 2.05) is 34.5 Å². The lowest BCUT2D eigenvalue weighted by Crippen LogP contribution is -2.17. The Kier molecular flexibility index (Phi) is 6.10. The summed E-state index contributed by atoms with van der Waals surface area (Å²) in [5, 5.41) is 3.34. The number of thiophene rings is 1. The van der Waals surface area contributed by atoms with Crippen LogP contribution in [0.4, 0.5) is 10.1 Å². The average Bonchev–Trinajstić information content (AvgIpc) is 3.03. The Morgan fingerprint density at radius 3 is 2.36 bits per heavy atom. The molecule has 0 aliphatic heterocycles. The van der Waals surface area contributed by atoms with E-state index in [4.69, 9.17) is 9.47 Å². The highest BCUT2D eigenvalue weighted by molar-refractivity contribution is 14.1. The van der Waals surface area contributed by atoms with Crippen molar-refractivity contribution in [1.29, 1.82) is 0 Å². The molecule has 0 atom stereocenters. The first-order valence-corrected chi connectivity index (χ1v) is 10.9. The second kappa shape index (κ2) is 8.06. The number of halogens is 2. The standard InChI is InChI=1S/C22H25FINO2S/c1-22(2,3)15-8-21-14(7-19(15)26-5)13(12-28-21)11-25(4)18-9-16(23)17(24)10-20(18)27-6/h7-10,12H,11H2,1-6H3. The molecule has 1 aromatic heterocycles. The summed E-state index contributed by atoms with van der Waals surface area (Å²) in [5.74, 6) is 1.33. The molecule has 0 bridgehead atoms. The summed E-state index contributed by atoms with van der Waals surface area (Å²) in [5.41, 5.74) is 3.12. The van der Waals surface area contributed by atoms with Crippen LogP contribution < -0.4 is 14.4 Å². The number of hydrogen-bond donors (Lipinski definition) is 0. The first kappa shape index (κ1) is 21.2. The molecular weight excluding hydrogens is 488 g/mol. The van der Waals surface area contributed by atoms with Crippen molar-refractivity contribution in [3.05, 3.63) is 50.2 Å².